The van der Waals surface area contributed by atoms with Crippen LogP contribution in [0.3, 0.4) is 0 Å². The number of halogens is 2. The highest BCUT2D eigenvalue weighted by Gasteiger charge is 2.17. The lowest BCUT2D eigenvalue weighted by Crippen LogP contribution is -2.14. The van der Waals surface area contributed by atoms with Gasteiger partial charge in [0.05, 0.1) is 0 Å². The summed E-state index contributed by atoms with van der Waals surface area (Å²) in [6.45, 7) is 1.80. The van der Waals surface area contributed by atoms with E-state index in [1.54, 1.807) is 19.1 Å². The van der Waals surface area contributed by atoms with Gasteiger partial charge >= 0.3 is 0 Å². The van der Waals surface area contributed by atoms with Gasteiger partial charge in [0.15, 0.2) is 0 Å². The van der Waals surface area contributed by atoms with Crippen molar-refractivity contribution in [1.29, 1.82) is 0 Å². The van der Waals surface area contributed by atoms with Gasteiger partial charge in [0, 0.05) is 8.95 Å². The van der Waals surface area contributed by atoms with Gasteiger partial charge in [-0.3, -0.25) is 0 Å². The van der Waals surface area contributed by atoms with E-state index < -0.39 is 10.0 Å². The van der Waals surface area contributed by atoms with Gasteiger partial charge in [-0.05, 0) is 50.4 Å². The number of benzene rings is 1. The lowest BCUT2D eigenvalue weighted by atomic mass is 10.2. The van der Waals surface area contributed by atoms with Crippen molar-refractivity contribution in [2.24, 2.45) is 5.14 Å². The van der Waals surface area contributed by atoms with Crippen LogP contribution < -0.4 is 5.14 Å². The van der Waals surface area contributed by atoms with Gasteiger partial charge in [-0.15, -0.1) is 0 Å². The molecular weight excluding hydrogens is 322 g/mol. The van der Waals surface area contributed by atoms with Crippen molar-refractivity contribution >= 4 is 41.9 Å². The quantitative estimate of drug-likeness (QED) is 0.858. The molecule has 1 rings (SSSR count). The summed E-state index contributed by atoms with van der Waals surface area (Å²) in [4.78, 5) is 0.0903. The predicted octanol–water partition coefficient (Wildman–Crippen LogP) is 2.17. The van der Waals surface area contributed by atoms with Crippen LogP contribution in [0.15, 0.2) is 26.0 Å². The number of hydrogen-bond acceptors (Lipinski definition) is 2. The topological polar surface area (TPSA) is 60.2 Å². The third kappa shape index (κ3) is 2.31. The molecule has 2 N–H and O–H groups in total. The molecule has 0 unspecified atom stereocenters. The van der Waals surface area contributed by atoms with E-state index in [1.807, 2.05) is 0 Å². The maximum Gasteiger partial charge on any atom is 0.240 e. The molecule has 6 heteroatoms. The third-order valence-electron chi connectivity index (χ3n) is 1.53. The molecule has 0 atom stereocenters. The van der Waals surface area contributed by atoms with Gasteiger partial charge in [-0.2, -0.15) is 0 Å². The van der Waals surface area contributed by atoms with Gasteiger partial charge in [0.2, 0.25) is 10.0 Å². The highest BCUT2D eigenvalue weighted by Crippen LogP contribution is 2.31. The van der Waals surface area contributed by atoms with Crippen molar-refractivity contribution in [2.45, 2.75) is 11.8 Å². The first-order valence-corrected chi connectivity index (χ1v) is 6.44. The molecule has 0 aromatic heterocycles. The maximum absolute atomic E-state index is 11.1. The number of nitrogens with two attached hydrogens (primary N) is 1. The summed E-state index contributed by atoms with van der Waals surface area (Å²) in [7, 11) is -3.68. The zero-order valence-electron chi connectivity index (χ0n) is 6.71. The molecule has 13 heavy (non-hydrogen) atoms. The lowest BCUT2D eigenvalue weighted by molar-refractivity contribution is 0.596. The molecule has 1 aromatic carbocycles. The Kier molecular flexibility index (Phi) is 3.16. The first-order valence-electron chi connectivity index (χ1n) is 3.31. The fourth-order valence-corrected chi connectivity index (χ4v) is 3.94. The summed E-state index contributed by atoms with van der Waals surface area (Å²) >= 11 is 6.31. The normalized spacial score (nSPS) is 11.7. The zero-order valence-corrected chi connectivity index (χ0v) is 10.7. The predicted molar refractivity (Wildman–Crippen MR) is 58.0 cm³/mol. The Hall–Kier alpha value is 0.0900. The summed E-state index contributed by atoms with van der Waals surface area (Å²) < 4.78 is 23.3. The maximum atomic E-state index is 11.1. The van der Waals surface area contributed by atoms with E-state index in [2.05, 4.69) is 31.9 Å². The van der Waals surface area contributed by atoms with Gasteiger partial charge in [0.1, 0.15) is 4.90 Å². The molecule has 0 bridgehead atoms. The van der Waals surface area contributed by atoms with E-state index in [0.29, 0.717) is 8.95 Å². The Labute approximate surface area is 93.6 Å². The molecule has 0 amide bonds. The average molecular weight is 329 g/mol. The smallest absolute Gasteiger partial charge is 0.225 e. The van der Waals surface area contributed by atoms with E-state index in [4.69, 9.17) is 5.14 Å². The molecule has 0 saturated carbocycles. The lowest BCUT2D eigenvalue weighted by Gasteiger charge is -2.06. The standard InChI is InChI=1S/C7H7Br2NO2S/c1-4-2-3-5(8)7(6(4)9)13(10,11)12/h2-3H,1H3,(H2,10,11,12). The summed E-state index contributed by atoms with van der Waals surface area (Å²) in [6, 6.07) is 3.45. The van der Waals surface area contributed by atoms with Crippen LogP contribution in [0.2, 0.25) is 0 Å². The number of hydrogen-bond donors (Lipinski definition) is 1. The molecule has 0 radical (unpaired) electrons. The van der Waals surface area contributed by atoms with Crippen LogP contribution in [-0.2, 0) is 10.0 Å². The minimum Gasteiger partial charge on any atom is -0.225 e. The second kappa shape index (κ2) is 3.68. The Morgan fingerprint density at radius 1 is 1.31 bits per heavy atom. The first-order chi connectivity index (χ1) is 5.84. The van der Waals surface area contributed by atoms with Crippen molar-refractivity contribution < 1.29 is 8.42 Å². The monoisotopic (exact) mass is 327 g/mol. The minimum atomic E-state index is -3.68. The number of aryl methyl sites for hydroxylation is 1. The second-order valence-corrected chi connectivity index (χ2v) is 5.70. The highest BCUT2D eigenvalue weighted by atomic mass is 79.9. The summed E-state index contributed by atoms with van der Waals surface area (Å²) in [6.07, 6.45) is 0. The van der Waals surface area contributed by atoms with E-state index >= 15 is 0 Å². The average Bonchev–Trinajstić information content (AvgIpc) is 1.95. The fourth-order valence-electron chi connectivity index (χ4n) is 0.892. The van der Waals surface area contributed by atoms with Gasteiger partial charge in [-0.1, -0.05) is 6.07 Å². The summed E-state index contributed by atoms with van der Waals surface area (Å²) in [5.41, 5.74) is 0.826. The van der Waals surface area contributed by atoms with Crippen LogP contribution in [0.4, 0.5) is 0 Å². The van der Waals surface area contributed by atoms with Crippen molar-refractivity contribution in [2.75, 3.05) is 0 Å². The molecule has 0 aliphatic carbocycles. The molecule has 0 saturated heterocycles. The molecule has 0 spiro atoms. The Morgan fingerprint density at radius 3 is 2.23 bits per heavy atom. The van der Waals surface area contributed by atoms with E-state index in [1.165, 1.54) is 0 Å². The Bertz CT molecular complexity index is 442. The number of sulfonamides is 1. The van der Waals surface area contributed by atoms with Crippen molar-refractivity contribution in [3.05, 3.63) is 26.6 Å². The van der Waals surface area contributed by atoms with Crippen LogP contribution >= 0.6 is 31.9 Å². The number of primary sulfonamides is 1. The molecule has 0 heterocycles. The molecule has 0 aliphatic heterocycles. The van der Waals surface area contributed by atoms with Crippen molar-refractivity contribution in [1.82, 2.24) is 0 Å². The second-order valence-electron chi connectivity index (χ2n) is 2.55. The van der Waals surface area contributed by atoms with Crippen molar-refractivity contribution in [3.63, 3.8) is 0 Å². The van der Waals surface area contributed by atoms with E-state index in [0.717, 1.165) is 5.56 Å². The van der Waals surface area contributed by atoms with E-state index in [-0.39, 0.29) is 4.90 Å². The van der Waals surface area contributed by atoms with Gasteiger partial charge < -0.3 is 0 Å². The van der Waals surface area contributed by atoms with Crippen LogP contribution in [-0.4, -0.2) is 8.42 Å². The summed E-state index contributed by atoms with van der Waals surface area (Å²) in [5.74, 6) is 0. The fraction of sp³-hybridized carbons (Fsp3) is 0.143. The van der Waals surface area contributed by atoms with Crippen LogP contribution in [0.1, 0.15) is 5.56 Å². The largest absolute Gasteiger partial charge is 0.240 e. The first kappa shape index (κ1) is 11.2. The zero-order chi connectivity index (χ0) is 10.2. The van der Waals surface area contributed by atoms with Crippen LogP contribution in [0, 0.1) is 6.92 Å². The Morgan fingerprint density at radius 2 is 1.85 bits per heavy atom. The van der Waals surface area contributed by atoms with E-state index in [9.17, 15) is 8.42 Å². The highest BCUT2D eigenvalue weighted by molar-refractivity contribution is 9.11. The third-order valence-corrected chi connectivity index (χ3v) is 4.73. The molecule has 72 valence electrons. The van der Waals surface area contributed by atoms with Crippen molar-refractivity contribution in [3.8, 4) is 0 Å². The molecule has 0 aliphatic rings. The van der Waals surface area contributed by atoms with Gasteiger partial charge in [-0.25, -0.2) is 13.6 Å². The SMILES string of the molecule is Cc1ccc(Br)c(S(N)(=O)=O)c1Br. The minimum absolute atomic E-state index is 0.0903. The van der Waals surface area contributed by atoms with Crippen LogP contribution in [0.5, 0.6) is 0 Å². The Balaban J connectivity index is 3.62. The molecular formula is C7H7Br2NO2S. The molecule has 0 fully saturated rings. The van der Waals surface area contributed by atoms with Gasteiger partial charge in [0.25, 0.3) is 0 Å². The number of rotatable bonds is 1. The molecule has 3 nitrogen and oxygen atoms in total. The molecule has 1 aromatic rings. The summed E-state index contributed by atoms with van der Waals surface area (Å²) in [5, 5.41) is 5.04. The van der Waals surface area contributed by atoms with Crippen LogP contribution in [0.25, 0.3) is 0 Å².